The summed E-state index contributed by atoms with van der Waals surface area (Å²) in [6.07, 6.45) is 3.98. The summed E-state index contributed by atoms with van der Waals surface area (Å²) in [5.74, 6) is 1.05. The van der Waals surface area contributed by atoms with Crippen molar-refractivity contribution in [2.45, 2.75) is 6.42 Å². The molecule has 0 aromatic heterocycles. The monoisotopic (exact) mass is 290 g/mol. The van der Waals surface area contributed by atoms with Crippen LogP contribution < -0.4 is 4.74 Å². The molecule has 1 aliphatic carbocycles. The van der Waals surface area contributed by atoms with Gasteiger partial charge < -0.3 is 14.4 Å². The van der Waals surface area contributed by atoms with E-state index in [-0.39, 0.29) is 5.83 Å². The lowest BCUT2D eigenvalue weighted by Gasteiger charge is -2.18. The second kappa shape index (κ2) is 7.27. The van der Waals surface area contributed by atoms with Gasteiger partial charge in [0.1, 0.15) is 23.9 Å². The van der Waals surface area contributed by atoms with Crippen LogP contribution in [0.4, 0.5) is 4.39 Å². The number of benzene rings is 1. The fraction of sp³-hybridized carbons (Fsp3) is 0.353. The summed E-state index contributed by atoms with van der Waals surface area (Å²) in [6, 6.07) is 7.44. The summed E-state index contributed by atoms with van der Waals surface area (Å²) >= 11 is 0. The Hall–Kier alpha value is -1.81. The van der Waals surface area contributed by atoms with Crippen molar-refractivity contribution in [2.24, 2.45) is 0 Å². The molecule has 3 nitrogen and oxygen atoms in total. The van der Waals surface area contributed by atoms with Crippen molar-refractivity contribution in [3.05, 3.63) is 53.9 Å². The van der Waals surface area contributed by atoms with Crippen molar-refractivity contribution >= 4 is 5.57 Å². The zero-order valence-corrected chi connectivity index (χ0v) is 12.7. The molecule has 1 aliphatic rings. The first-order valence-corrected chi connectivity index (χ1v) is 6.97. The second-order valence-corrected chi connectivity index (χ2v) is 5.11. The quantitative estimate of drug-likeness (QED) is 0.801. The molecule has 0 unspecified atom stereocenters. The van der Waals surface area contributed by atoms with Gasteiger partial charge in [0.2, 0.25) is 0 Å². The highest BCUT2D eigenvalue weighted by molar-refractivity contribution is 5.81. The fourth-order valence-corrected chi connectivity index (χ4v) is 2.14. The number of allylic oxidation sites excluding steroid dienone is 3. The molecule has 113 valence electrons. The molecule has 1 aromatic rings. The number of hydrogen-bond donors (Lipinski definition) is 0. The zero-order valence-electron chi connectivity index (χ0n) is 12.7. The zero-order chi connectivity index (χ0) is 15.2. The smallest absolute Gasteiger partial charge is 0.125 e. The Morgan fingerprint density at radius 2 is 2.10 bits per heavy atom. The number of halogens is 1. The molecule has 0 amide bonds. The largest absolute Gasteiger partial charge is 0.496 e. The third-order valence-electron chi connectivity index (χ3n) is 3.24. The number of methoxy groups -OCH3 is 1. The van der Waals surface area contributed by atoms with E-state index in [1.54, 1.807) is 13.5 Å². The van der Waals surface area contributed by atoms with Gasteiger partial charge >= 0.3 is 0 Å². The van der Waals surface area contributed by atoms with Gasteiger partial charge in [-0.05, 0) is 44.3 Å². The maximum Gasteiger partial charge on any atom is 0.125 e. The van der Waals surface area contributed by atoms with E-state index in [4.69, 9.17) is 9.47 Å². The van der Waals surface area contributed by atoms with E-state index in [1.807, 2.05) is 49.3 Å². The lowest BCUT2D eigenvalue weighted by molar-refractivity contribution is 0.261. The Labute approximate surface area is 125 Å². The predicted molar refractivity (Wildman–Crippen MR) is 82.5 cm³/mol. The molecule has 0 N–H and O–H groups in total. The summed E-state index contributed by atoms with van der Waals surface area (Å²) in [7, 11) is 5.54. The minimum absolute atomic E-state index is 0.250. The van der Waals surface area contributed by atoms with Crippen LogP contribution in [0.2, 0.25) is 0 Å². The van der Waals surface area contributed by atoms with Gasteiger partial charge in [0, 0.05) is 13.0 Å². The normalized spacial score (nSPS) is 15.2. The average Bonchev–Trinajstić information content (AvgIpc) is 2.46. The Kier molecular flexibility index (Phi) is 5.39. The highest BCUT2D eigenvalue weighted by atomic mass is 19.1. The predicted octanol–water partition coefficient (Wildman–Crippen LogP) is 3.45. The number of ether oxygens (including phenoxy) is 2. The maximum absolute atomic E-state index is 14.1. The van der Waals surface area contributed by atoms with Crippen molar-refractivity contribution in [3.63, 3.8) is 0 Å². The van der Waals surface area contributed by atoms with Gasteiger partial charge in [-0.15, -0.1) is 0 Å². The highest BCUT2D eigenvalue weighted by Gasteiger charge is 2.19. The molecular formula is C17H21FNO2. The molecule has 21 heavy (non-hydrogen) atoms. The molecule has 0 fully saturated rings. The van der Waals surface area contributed by atoms with Gasteiger partial charge in [0.05, 0.1) is 12.7 Å². The number of hydrogen-bond acceptors (Lipinski definition) is 3. The van der Waals surface area contributed by atoms with Crippen LogP contribution in [0.3, 0.4) is 0 Å². The minimum Gasteiger partial charge on any atom is -0.496 e. The minimum atomic E-state index is -0.250. The highest BCUT2D eigenvalue weighted by Crippen LogP contribution is 2.35. The van der Waals surface area contributed by atoms with Gasteiger partial charge in [-0.1, -0.05) is 12.1 Å². The molecule has 1 radical (unpaired) electrons. The number of likely N-dealkylation sites (N-methyl/N-ethyl adjacent to an activating group) is 1. The summed E-state index contributed by atoms with van der Waals surface area (Å²) < 4.78 is 25.1. The van der Waals surface area contributed by atoms with Gasteiger partial charge in [-0.25, -0.2) is 4.39 Å². The average molecular weight is 290 g/mol. The summed E-state index contributed by atoms with van der Waals surface area (Å²) in [4.78, 5) is 2.05. The first kappa shape index (κ1) is 15.6. The molecule has 0 saturated heterocycles. The first-order valence-electron chi connectivity index (χ1n) is 6.97. The lowest BCUT2D eigenvalue weighted by atomic mass is 9.96. The maximum atomic E-state index is 14.1. The standard InChI is InChI=1S/C17H21FNO2/c1-19(2)10-11-21-14-7-4-6-13(12-14)17-15(18)8-5-9-16(17)20-3/h4,6-9,12H,5,10-11H2,1-3H3. The molecule has 2 rings (SSSR count). The molecule has 0 aliphatic heterocycles. The fourth-order valence-electron chi connectivity index (χ4n) is 2.14. The molecular weight excluding hydrogens is 269 g/mol. The lowest BCUT2D eigenvalue weighted by Crippen LogP contribution is -2.19. The summed E-state index contributed by atoms with van der Waals surface area (Å²) in [6.45, 7) is 1.43. The first-order chi connectivity index (χ1) is 10.1. The molecule has 0 spiro atoms. The molecule has 4 heteroatoms. The summed E-state index contributed by atoms with van der Waals surface area (Å²) in [5.41, 5.74) is 1.25. The Balaban J connectivity index is 2.18. The van der Waals surface area contributed by atoms with Crippen LogP contribution in [0, 0.1) is 6.42 Å². The Morgan fingerprint density at radius 1 is 1.29 bits per heavy atom. The van der Waals surface area contributed by atoms with Crippen LogP contribution >= 0.6 is 0 Å². The van der Waals surface area contributed by atoms with Gasteiger partial charge in [-0.3, -0.25) is 0 Å². The van der Waals surface area contributed by atoms with Gasteiger partial charge in [0.25, 0.3) is 0 Å². The van der Waals surface area contributed by atoms with E-state index in [1.165, 1.54) is 0 Å². The third-order valence-corrected chi connectivity index (χ3v) is 3.24. The van der Waals surface area contributed by atoms with E-state index < -0.39 is 0 Å². The summed E-state index contributed by atoms with van der Waals surface area (Å²) in [5, 5.41) is 0. The molecule has 0 bridgehead atoms. The van der Waals surface area contributed by atoms with E-state index >= 15 is 0 Å². The van der Waals surface area contributed by atoms with Crippen molar-refractivity contribution in [1.29, 1.82) is 0 Å². The molecule has 1 aromatic carbocycles. The Bertz CT molecular complexity index is 549. The Morgan fingerprint density at radius 3 is 2.81 bits per heavy atom. The van der Waals surface area contributed by atoms with E-state index in [2.05, 4.69) is 0 Å². The second-order valence-electron chi connectivity index (χ2n) is 5.11. The van der Waals surface area contributed by atoms with Crippen LogP contribution in [-0.2, 0) is 4.74 Å². The number of nitrogens with zero attached hydrogens (tertiary/aromatic N) is 1. The third kappa shape index (κ3) is 4.08. The van der Waals surface area contributed by atoms with Gasteiger partial charge in [0.15, 0.2) is 0 Å². The van der Waals surface area contributed by atoms with E-state index in [0.717, 1.165) is 17.9 Å². The van der Waals surface area contributed by atoms with Crippen molar-refractivity contribution in [2.75, 3.05) is 34.4 Å². The van der Waals surface area contributed by atoms with Crippen LogP contribution in [-0.4, -0.2) is 39.3 Å². The molecule has 0 heterocycles. The molecule has 0 atom stereocenters. The molecule has 0 saturated carbocycles. The SMILES string of the molecule is COC1=CC[CH]C(F)=C1c1cccc(OCCN(C)C)c1. The van der Waals surface area contributed by atoms with Crippen LogP contribution in [0.25, 0.3) is 5.57 Å². The van der Waals surface area contributed by atoms with E-state index in [9.17, 15) is 4.39 Å². The van der Waals surface area contributed by atoms with Crippen molar-refractivity contribution in [3.8, 4) is 5.75 Å². The van der Waals surface area contributed by atoms with Crippen molar-refractivity contribution < 1.29 is 13.9 Å². The van der Waals surface area contributed by atoms with Crippen molar-refractivity contribution in [1.82, 2.24) is 4.90 Å². The van der Waals surface area contributed by atoms with Crippen LogP contribution in [0.15, 0.2) is 41.9 Å². The number of rotatable bonds is 6. The van der Waals surface area contributed by atoms with E-state index in [0.29, 0.717) is 24.4 Å². The van der Waals surface area contributed by atoms with Gasteiger partial charge in [-0.2, -0.15) is 0 Å². The topological polar surface area (TPSA) is 21.7 Å². The van der Waals surface area contributed by atoms with Crippen LogP contribution in [0.5, 0.6) is 5.75 Å². The van der Waals surface area contributed by atoms with Crippen LogP contribution in [0.1, 0.15) is 12.0 Å².